The molecular formula is C21H34N4O4S. The summed E-state index contributed by atoms with van der Waals surface area (Å²) in [6, 6.07) is 7.70. The van der Waals surface area contributed by atoms with Gasteiger partial charge in [0.05, 0.1) is 19.0 Å². The van der Waals surface area contributed by atoms with Crippen molar-refractivity contribution in [3.63, 3.8) is 0 Å². The average molecular weight is 439 g/mol. The number of piperazine rings is 1. The van der Waals surface area contributed by atoms with E-state index in [0.717, 1.165) is 64.5 Å². The maximum Gasteiger partial charge on any atom is 0.251 e. The van der Waals surface area contributed by atoms with Crippen molar-refractivity contribution in [2.24, 2.45) is 0 Å². The topological polar surface area (TPSA) is 82.2 Å². The van der Waals surface area contributed by atoms with Crippen molar-refractivity contribution in [3.05, 3.63) is 35.4 Å². The van der Waals surface area contributed by atoms with Crippen LogP contribution in [0.2, 0.25) is 0 Å². The van der Waals surface area contributed by atoms with Gasteiger partial charge in [0.2, 0.25) is 10.0 Å². The number of carbonyl (C=O) groups excluding carboxylic acids is 1. The number of benzene rings is 1. The van der Waals surface area contributed by atoms with Crippen LogP contribution < -0.4 is 5.32 Å². The van der Waals surface area contributed by atoms with Crippen LogP contribution in [0.3, 0.4) is 0 Å². The third-order valence-corrected chi connectivity index (χ3v) is 7.63. The SMILES string of the molecule is CCS(=O)(=O)N1CCN(Cc2ccc(C(=O)NCCCN3CCOCC3)cc2)CC1. The van der Waals surface area contributed by atoms with Crippen LogP contribution in [0.15, 0.2) is 24.3 Å². The number of nitrogens with zero attached hydrogens (tertiary/aromatic N) is 3. The zero-order valence-electron chi connectivity index (χ0n) is 17.9. The van der Waals surface area contributed by atoms with E-state index in [1.165, 1.54) is 0 Å². The lowest BCUT2D eigenvalue weighted by Gasteiger charge is -2.33. The molecule has 0 aromatic heterocycles. The lowest BCUT2D eigenvalue weighted by atomic mass is 10.1. The summed E-state index contributed by atoms with van der Waals surface area (Å²) in [6.07, 6.45) is 0.934. The molecule has 0 aliphatic carbocycles. The predicted octanol–water partition coefficient (Wildman–Crippen LogP) is 0.606. The van der Waals surface area contributed by atoms with E-state index in [1.54, 1.807) is 11.2 Å². The standard InChI is InChI=1S/C21H34N4O4S/c1-2-30(27,28)25-12-10-24(11-13-25)18-19-4-6-20(7-5-19)21(26)22-8-3-9-23-14-16-29-17-15-23/h4-7H,2-3,8-18H2,1H3,(H,22,26). The van der Waals surface area contributed by atoms with Crippen LogP contribution >= 0.6 is 0 Å². The highest BCUT2D eigenvalue weighted by Gasteiger charge is 2.25. The number of carbonyl (C=O) groups is 1. The summed E-state index contributed by atoms with van der Waals surface area (Å²) >= 11 is 0. The molecule has 2 saturated heterocycles. The highest BCUT2D eigenvalue weighted by atomic mass is 32.2. The molecule has 1 N–H and O–H groups in total. The van der Waals surface area contributed by atoms with E-state index in [-0.39, 0.29) is 11.7 Å². The Balaban J connectivity index is 1.37. The summed E-state index contributed by atoms with van der Waals surface area (Å²) in [6.45, 7) is 10.2. The van der Waals surface area contributed by atoms with Gasteiger partial charge in [-0.2, -0.15) is 4.31 Å². The van der Waals surface area contributed by atoms with Crippen molar-refractivity contribution in [3.8, 4) is 0 Å². The smallest absolute Gasteiger partial charge is 0.251 e. The van der Waals surface area contributed by atoms with E-state index >= 15 is 0 Å². The van der Waals surface area contributed by atoms with Gasteiger partial charge in [0.25, 0.3) is 5.91 Å². The van der Waals surface area contributed by atoms with E-state index in [1.807, 2.05) is 24.3 Å². The van der Waals surface area contributed by atoms with Crippen molar-refractivity contribution in [2.45, 2.75) is 19.9 Å². The monoisotopic (exact) mass is 438 g/mol. The Hall–Kier alpha value is -1.52. The zero-order chi connectivity index (χ0) is 21.4. The summed E-state index contributed by atoms with van der Waals surface area (Å²) in [5.74, 6) is 0.117. The van der Waals surface area contributed by atoms with Crippen LogP contribution in [0.1, 0.15) is 29.3 Å². The second-order valence-corrected chi connectivity index (χ2v) is 10.1. The fraction of sp³-hybridized carbons (Fsp3) is 0.667. The van der Waals surface area contributed by atoms with Gasteiger partial charge in [-0.25, -0.2) is 8.42 Å². The first-order valence-electron chi connectivity index (χ1n) is 10.9. The molecule has 0 radical (unpaired) electrons. The minimum Gasteiger partial charge on any atom is -0.379 e. The molecule has 1 aromatic rings. The maximum absolute atomic E-state index is 12.3. The van der Waals surface area contributed by atoms with Gasteiger partial charge in [-0.15, -0.1) is 0 Å². The molecular weight excluding hydrogens is 404 g/mol. The highest BCUT2D eigenvalue weighted by molar-refractivity contribution is 7.89. The summed E-state index contributed by atoms with van der Waals surface area (Å²) in [4.78, 5) is 17.0. The van der Waals surface area contributed by atoms with Gasteiger partial charge in [-0.1, -0.05) is 12.1 Å². The average Bonchev–Trinajstić information content (AvgIpc) is 2.78. The first-order chi connectivity index (χ1) is 14.5. The van der Waals surface area contributed by atoms with Gasteiger partial charge in [0.1, 0.15) is 0 Å². The van der Waals surface area contributed by atoms with Gasteiger partial charge >= 0.3 is 0 Å². The Bertz CT molecular complexity index is 771. The molecule has 168 valence electrons. The van der Waals surface area contributed by atoms with Gasteiger partial charge in [0.15, 0.2) is 0 Å². The molecule has 2 fully saturated rings. The quantitative estimate of drug-likeness (QED) is 0.569. The second-order valence-electron chi connectivity index (χ2n) is 7.84. The number of rotatable bonds is 9. The van der Waals surface area contributed by atoms with E-state index < -0.39 is 10.0 Å². The summed E-state index contributed by atoms with van der Waals surface area (Å²) in [5, 5.41) is 2.99. The summed E-state index contributed by atoms with van der Waals surface area (Å²) in [7, 11) is -3.10. The normalized spacial score (nSPS) is 19.6. The van der Waals surface area contributed by atoms with Gasteiger partial charge < -0.3 is 10.1 Å². The second kappa shape index (κ2) is 11.2. The van der Waals surface area contributed by atoms with Crippen LogP contribution in [-0.2, 0) is 21.3 Å². The third kappa shape index (κ3) is 6.75. The van der Waals surface area contributed by atoms with Crippen LogP contribution in [0.5, 0.6) is 0 Å². The minimum atomic E-state index is -3.10. The molecule has 2 aliphatic rings. The Morgan fingerprint density at radius 2 is 1.67 bits per heavy atom. The van der Waals surface area contributed by atoms with E-state index in [2.05, 4.69) is 15.1 Å². The lowest BCUT2D eigenvalue weighted by molar-refractivity contribution is 0.0374. The van der Waals surface area contributed by atoms with E-state index in [4.69, 9.17) is 4.74 Å². The molecule has 2 heterocycles. The van der Waals surface area contributed by atoms with Gasteiger partial charge in [0, 0.05) is 57.9 Å². The van der Waals surface area contributed by atoms with Crippen LogP contribution in [0.25, 0.3) is 0 Å². The fourth-order valence-corrected chi connectivity index (χ4v) is 4.88. The highest BCUT2D eigenvalue weighted by Crippen LogP contribution is 2.12. The number of sulfonamides is 1. The number of hydrogen-bond donors (Lipinski definition) is 1. The van der Waals surface area contributed by atoms with Crippen molar-refractivity contribution in [1.29, 1.82) is 0 Å². The molecule has 0 bridgehead atoms. The number of nitrogens with one attached hydrogen (secondary N) is 1. The predicted molar refractivity (Wildman–Crippen MR) is 117 cm³/mol. The van der Waals surface area contributed by atoms with Crippen molar-refractivity contribution in [1.82, 2.24) is 19.4 Å². The Morgan fingerprint density at radius 1 is 1.00 bits per heavy atom. The molecule has 0 atom stereocenters. The molecule has 0 unspecified atom stereocenters. The van der Waals surface area contributed by atoms with Crippen LogP contribution in [-0.4, -0.2) is 99.8 Å². The Labute approximate surface area is 180 Å². The summed E-state index contributed by atoms with van der Waals surface area (Å²) in [5.41, 5.74) is 1.80. The first kappa shape index (κ1) is 23.1. The first-order valence-corrected chi connectivity index (χ1v) is 12.5. The molecule has 0 spiro atoms. The third-order valence-electron chi connectivity index (χ3n) is 5.75. The molecule has 2 aliphatic heterocycles. The van der Waals surface area contributed by atoms with Crippen molar-refractivity contribution in [2.75, 3.05) is 71.3 Å². The fourth-order valence-electron chi connectivity index (χ4n) is 3.80. The van der Waals surface area contributed by atoms with Gasteiger partial charge in [-0.3, -0.25) is 14.6 Å². The Kier molecular flexibility index (Phi) is 8.64. The molecule has 8 nitrogen and oxygen atoms in total. The molecule has 3 rings (SSSR count). The van der Waals surface area contributed by atoms with Crippen LogP contribution in [0.4, 0.5) is 0 Å². The molecule has 1 aromatic carbocycles. The van der Waals surface area contributed by atoms with Crippen molar-refractivity contribution >= 4 is 15.9 Å². The van der Waals surface area contributed by atoms with Crippen LogP contribution in [0, 0.1) is 0 Å². The lowest BCUT2D eigenvalue weighted by Crippen LogP contribution is -2.48. The van der Waals surface area contributed by atoms with E-state index in [9.17, 15) is 13.2 Å². The number of morpholine rings is 1. The summed E-state index contributed by atoms with van der Waals surface area (Å²) < 4.78 is 30.8. The molecule has 0 saturated carbocycles. The minimum absolute atomic E-state index is 0.0399. The number of ether oxygens (including phenoxy) is 1. The van der Waals surface area contributed by atoms with Crippen molar-refractivity contribution < 1.29 is 17.9 Å². The van der Waals surface area contributed by atoms with Gasteiger partial charge in [-0.05, 0) is 37.6 Å². The Morgan fingerprint density at radius 3 is 2.30 bits per heavy atom. The zero-order valence-corrected chi connectivity index (χ0v) is 18.7. The molecule has 1 amide bonds. The van der Waals surface area contributed by atoms with E-state index in [0.29, 0.717) is 25.2 Å². The molecule has 30 heavy (non-hydrogen) atoms. The number of amides is 1. The number of hydrogen-bond acceptors (Lipinski definition) is 6. The molecule has 9 heteroatoms. The largest absolute Gasteiger partial charge is 0.379 e. The maximum atomic E-state index is 12.3.